The summed E-state index contributed by atoms with van der Waals surface area (Å²) >= 11 is 1.77. The van der Waals surface area contributed by atoms with E-state index < -0.39 is 0 Å². The topological polar surface area (TPSA) is 41.1 Å². The highest BCUT2D eigenvalue weighted by atomic mass is 32.1. The zero-order valence-electron chi connectivity index (χ0n) is 11.8. The summed E-state index contributed by atoms with van der Waals surface area (Å²) in [6.07, 6.45) is 1.62. The quantitative estimate of drug-likeness (QED) is 0.909. The number of anilines is 2. The van der Waals surface area contributed by atoms with E-state index in [1.54, 1.807) is 17.7 Å². The molecule has 2 aromatic rings. The number of hydrogen-bond acceptors (Lipinski definition) is 5. The first-order valence-electron chi connectivity index (χ1n) is 6.39. The third-order valence-electron chi connectivity index (χ3n) is 3.01. The molecule has 2 rings (SSSR count). The minimum absolute atomic E-state index is 0.379. The van der Waals surface area contributed by atoms with Crippen LogP contribution in [-0.2, 0) is 6.54 Å². The van der Waals surface area contributed by atoms with Crippen molar-refractivity contribution in [2.75, 3.05) is 24.3 Å². The van der Waals surface area contributed by atoms with Crippen LogP contribution in [0.3, 0.4) is 0 Å². The summed E-state index contributed by atoms with van der Waals surface area (Å²) in [5.74, 6) is 2.30. The van der Waals surface area contributed by atoms with Gasteiger partial charge in [-0.15, -0.1) is 11.3 Å². The lowest BCUT2D eigenvalue weighted by molar-refractivity contribution is 0.814. The molecule has 0 radical (unpaired) electrons. The second-order valence-corrected chi connectivity index (χ2v) is 5.83. The molecule has 102 valence electrons. The van der Waals surface area contributed by atoms with Crippen LogP contribution in [0.25, 0.3) is 0 Å². The molecule has 0 amide bonds. The molecule has 0 aliphatic rings. The van der Waals surface area contributed by atoms with Crippen LogP contribution in [0.5, 0.6) is 0 Å². The Morgan fingerprint density at radius 1 is 1.37 bits per heavy atom. The maximum absolute atomic E-state index is 4.47. The van der Waals surface area contributed by atoms with Gasteiger partial charge in [-0.3, -0.25) is 0 Å². The van der Waals surface area contributed by atoms with Gasteiger partial charge in [0.15, 0.2) is 0 Å². The van der Waals surface area contributed by atoms with Gasteiger partial charge in [-0.2, -0.15) is 0 Å². The lowest BCUT2D eigenvalue weighted by Gasteiger charge is -2.23. The van der Waals surface area contributed by atoms with E-state index >= 15 is 0 Å². The van der Waals surface area contributed by atoms with Crippen LogP contribution in [0, 0.1) is 0 Å². The molecule has 0 aliphatic carbocycles. The van der Waals surface area contributed by atoms with Crippen LogP contribution in [0.4, 0.5) is 11.6 Å². The fourth-order valence-corrected chi connectivity index (χ4v) is 2.89. The summed E-state index contributed by atoms with van der Waals surface area (Å²) in [5.41, 5.74) is 1.17. The largest absolute Gasteiger partial charge is 0.373 e. The molecule has 19 heavy (non-hydrogen) atoms. The van der Waals surface area contributed by atoms with E-state index in [0.29, 0.717) is 5.92 Å². The predicted octanol–water partition coefficient (Wildman–Crippen LogP) is 3.34. The van der Waals surface area contributed by atoms with Crippen molar-refractivity contribution < 1.29 is 0 Å². The molecule has 0 saturated heterocycles. The van der Waals surface area contributed by atoms with E-state index in [1.165, 1.54) is 10.4 Å². The van der Waals surface area contributed by atoms with Crippen molar-refractivity contribution in [3.8, 4) is 0 Å². The molecular formula is C14H20N4S. The smallest absolute Gasteiger partial charge is 0.137 e. The molecule has 0 aliphatic heterocycles. The second-order valence-electron chi connectivity index (χ2n) is 4.80. The Bertz CT molecular complexity index is 522. The molecular weight excluding hydrogens is 256 g/mol. The molecule has 2 aromatic heterocycles. The molecule has 0 spiro atoms. The number of rotatable bonds is 5. The van der Waals surface area contributed by atoms with Gasteiger partial charge in [0, 0.05) is 24.5 Å². The van der Waals surface area contributed by atoms with Gasteiger partial charge in [0.05, 0.1) is 6.54 Å². The van der Waals surface area contributed by atoms with E-state index in [9.17, 15) is 0 Å². The summed E-state index contributed by atoms with van der Waals surface area (Å²) in [7, 11) is 3.98. The van der Waals surface area contributed by atoms with Gasteiger partial charge in [-0.25, -0.2) is 9.97 Å². The third kappa shape index (κ3) is 3.04. The Labute approximate surface area is 118 Å². The van der Waals surface area contributed by atoms with Crippen molar-refractivity contribution in [1.29, 1.82) is 0 Å². The van der Waals surface area contributed by atoms with Crippen molar-refractivity contribution in [1.82, 2.24) is 9.97 Å². The Kier molecular flexibility index (Phi) is 4.37. The minimum Gasteiger partial charge on any atom is -0.373 e. The average molecular weight is 276 g/mol. The first-order chi connectivity index (χ1) is 9.13. The SMILES string of the molecule is CNc1ncnc(N(C)Cc2cccs2)c1C(C)C. The average Bonchev–Trinajstić information content (AvgIpc) is 2.90. The Morgan fingerprint density at radius 3 is 2.74 bits per heavy atom. The van der Waals surface area contributed by atoms with Gasteiger partial charge < -0.3 is 10.2 Å². The fourth-order valence-electron chi connectivity index (χ4n) is 2.13. The number of nitrogens with one attached hydrogen (secondary N) is 1. The van der Waals surface area contributed by atoms with Crippen molar-refractivity contribution in [2.45, 2.75) is 26.3 Å². The van der Waals surface area contributed by atoms with Gasteiger partial charge in [-0.05, 0) is 17.4 Å². The molecule has 0 aromatic carbocycles. The summed E-state index contributed by atoms with van der Waals surface area (Å²) in [4.78, 5) is 12.3. The van der Waals surface area contributed by atoms with Gasteiger partial charge in [0.2, 0.25) is 0 Å². The maximum Gasteiger partial charge on any atom is 0.137 e. The van der Waals surface area contributed by atoms with Crippen LogP contribution in [0.1, 0.15) is 30.2 Å². The second kappa shape index (κ2) is 6.02. The van der Waals surface area contributed by atoms with Crippen molar-refractivity contribution in [3.05, 3.63) is 34.3 Å². The molecule has 2 heterocycles. The summed E-state index contributed by atoms with van der Waals surface area (Å²) in [5, 5.41) is 5.26. The highest BCUT2D eigenvalue weighted by Gasteiger charge is 2.17. The molecule has 1 N–H and O–H groups in total. The Morgan fingerprint density at radius 2 is 2.16 bits per heavy atom. The highest BCUT2D eigenvalue weighted by Crippen LogP contribution is 2.30. The summed E-state index contributed by atoms with van der Waals surface area (Å²) < 4.78 is 0. The maximum atomic E-state index is 4.47. The van der Waals surface area contributed by atoms with E-state index in [2.05, 4.69) is 58.6 Å². The van der Waals surface area contributed by atoms with Crippen LogP contribution in [0.2, 0.25) is 0 Å². The van der Waals surface area contributed by atoms with Crippen molar-refractivity contribution in [3.63, 3.8) is 0 Å². The highest BCUT2D eigenvalue weighted by molar-refractivity contribution is 7.09. The zero-order chi connectivity index (χ0) is 13.8. The molecule has 4 nitrogen and oxygen atoms in total. The summed E-state index contributed by atoms with van der Waals surface area (Å²) in [6, 6.07) is 4.23. The van der Waals surface area contributed by atoms with Gasteiger partial charge >= 0.3 is 0 Å². The predicted molar refractivity (Wildman–Crippen MR) is 82.1 cm³/mol. The van der Waals surface area contributed by atoms with Crippen LogP contribution in [-0.4, -0.2) is 24.1 Å². The number of thiophene rings is 1. The normalized spacial score (nSPS) is 10.8. The fraction of sp³-hybridized carbons (Fsp3) is 0.429. The monoisotopic (exact) mass is 276 g/mol. The van der Waals surface area contributed by atoms with E-state index in [1.807, 2.05) is 7.05 Å². The van der Waals surface area contributed by atoms with E-state index in [4.69, 9.17) is 0 Å². The van der Waals surface area contributed by atoms with E-state index in [0.717, 1.165) is 18.2 Å². The molecule has 0 unspecified atom stereocenters. The number of hydrogen-bond donors (Lipinski definition) is 1. The first kappa shape index (κ1) is 13.8. The number of aromatic nitrogens is 2. The lowest BCUT2D eigenvalue weighted by atomic mass is 10.0. The number of nitrogens with zero attached hydrogens (tertiary/aromatic N) is 3. The third-order valence-corrected chi connectivity index (χ3v) is 3.87. The molecule has 0 bridgehead atoms. The standard InChI is InChI=1S/C14H20N4S/c1-10(2)12-13(15-3)16-9-17-14(12)18(4)8-11-6-5-7-19-11/h5-7,9-10H,8H2,1-4H3,(H,15,16,17). The van der Waals surface area contributed by atoms with Crippen molar-refractivity contribution >= 4 is 23.0 Å². The van der Waals surface area contributed by atoms with Crippen LogP contribution >= 0.6 is 11.3 Å². The van der Waals surface area contributed by atoms with Crippen molar-refractivity contribution in [2.24, 2.45) is 0 Å². The molecule has 0 fully saturated rings. The molecule has 0 atom stereocenters. The summed E-state index contributed by atoms with van der Waals surface area (Å²) in [6.45, 7) is 5.21. The van der Waals surface area contributed by atoms with Gasteiger partial charge in [0.1, 0.15) is 18.0 Å². The molecule has 0 saturated carbocycles. The Hall–Kier alpha value is -1.62. The van der Waals surface area contributed by atoms with Gasteiger partial charge in [0.25, 0.3) is 0 Å². The first-order valence-corrected chi connectivity index (χ1v) is 7.27. The van der Waals surface area contributed by atoms with Crippen LogP contribution in [0.15, 0.2) is 23.8 Å². The Balaban J connectivity index is 2.32. The van der Waals surface area contributed by atoms with Crippen LogP contribution < -0.4 is 10.2 Å². The molecule has 5 heteroatoms. The van der Waals surface area contributed by atoms with Gasteiger partial charge in [-0.1, -0.05) is 19.9 Å². The minimum atomic E-state index is 0.379. The zero-order valence-corrected chi connectivity index (χ0v) is 12.7. The van der Waals surface area contributed by atoms with E-state index in [-0.39, 0.29) is 0 Å². The lowest BCUT2D eigenvalue weighted by Crippen LogP contribution is -2.20.